The fraction of sp³-hybridized carbons (Fsp3) is 0.588. The van der Waals surface area contributed by atoms with Crippen LogP contribution in [0.25, 0.3) is 0 Å². The molecule has 128 valence electrons. The van der Waals surface area contributed by atoms with E-state index >= 15 is 0 Å². The highest BCUT2D eigenvalue weighted by molar-refractivity contribution is 7.89. The highest BCUT2D eigenvalue weighted by Gasteiger charge is 2.30. The Morgan fingerprint density at radius 3 is 2.57 bits per heavy atom. The van der Waals surface area contributed by atoms with E-state index in [-0.39, 0.29) is 11.9 Å². The van der Waals surface area contributed by atoms with Crippen molar-refractivity contribution in [2.45, 2.75) is 56.9 Å². The van der Waals surface area contributed by atoms with Crippen LogP contribution in [0.2, 0.25) is 0 Å². The van der Waals surface area contributed by atoms with E-state index in [2.05, 4.69) is 5.32 Å². The van der Waals surface area contributed by atoms with Crippen molar-refractivity contribution >= 4 is 15.9 Å². The van der Waals surface area contributed by atoms with Gasteiger partial charge in [0.05, 0.1) is 4.90 Å². The minimum atomic E-state index is -3.40. The Labute approximate surface area is 139 Å². The second-order valence-electron chi connectivity index (χ2n) is 6.06. The molecular weight excluding hydrogens is 312 g/mol. The topological polar surface area (TPSA) is 66.5 Å². The van der Waals surface area contributed by atoms with Gasteiger partial charge in [0.25, 0.3) is 0 Å². The molecule has 0 spiro atoms. The number of carbonyl (C=O) groups excluding carboxylic acids is 1. The van der Waals surface area contributed by atoms with Gasteiger partial charge in [-0.05, 0) is 43.9 Å². The third kappa shape index (κ3) is 4.54. The van der Waals surface area contributed by atoms with E-state index in [4.69, 9.17) is 0 Å². The molecule has 1 saturated heterocycles. The average molecular weight is 338 g/mol. The highest BCUT2D eigenvalue weighted by Crippen LogP contribution is 2.25. The number of nitrogens with zero attached hydrogens (tertiary/aromatic N) is 1. The summed E-state index contributed by atoms with van der Waals surface area (Å²) in [6, 6.07) is 7.08. The monoisotopic (exact) mass is 338 g/mol. The first-order chi connectivity index (χ1) is 10.9. The van der Waals surface area contributed by atoms with Crippen molar-refractivity contribution in [3.8, 4) is 0 Å². The molecule has 0 aliphatic carbocycles. The first-order valence-corrected chi connectivity index (χ1v) is 9.76. The van der Waals surface area contributed by atoms with Crippen LogP contribution in [0.4, 0.5) is 0 Å². The molecule has 1 heterocycles. The van der Waals surface area contributed by atoms with Crippen molar-refractivity contribution in [3.63, 3.8) is 0 Å². The van der Waals surface area contributed by atoms with Crippen molar-refractivity contribution in [3.05, 3.63) is 29.8 Å². The molecule has 6 heteroatoms. The zero-order chi connectivity index (χ0) is 16.9. The lowest BCUT2D eigenvalue weighted by atomic mass is 10.1. The van der Waals surface area contributed by atoms with Gasteiger partial charge in [-0.1, -0.05) is 25.5 Å². The number of carbonyl (C=O) groups is 1. The van der Waals surface area contributed by atoms with Crippen LogP contribution in [-0.4, -0.2) is 37.8 Å². The number of piperidine rings is 1. The summed E-state index contributed by atoms with van der Waals surface area (Å²) in [5, 5.41) is 2.82. The summed E-state index contributed by atoms with van der Waals surface area (Å²) in [7, 11) is -3.40. The fourth-order valence-electron chi connectivity index (χ4n) is 2.86. The lowest BCUT2D eigenvalue weighted by Crippen LogP contribution is -2.41. The van der Waals surface area contributed by atoms with Gasteiger partial charge in [0.2, 0.25) is 15.9 Å². The number of benzene rings is 1. The quantitative estimate of drug-likeness (QED) is 0.865. The van der Waals surface area contributed by atoms with Gasteiger partial charge in [-0.3, -0.25) is 4.79 Å². The van der Waals surface area contributed by atoms with Gasteiger partial charge in [-0.2, -0.15) is 4.31 Å². The number of hydrogen-bond donors (Lipinski definition) is 1. The highest BCUT2D eigenvalue weighted by atomic mass is 32.2. The standard InChI is InChI=1S/C17H26N2O3S/c1-3-17(20)18-12-11-15-7-9-16(10-8-15)23(21,22)19-13-5-4-6-14(19)2/h7-10,14H,3-6,11-13H2,1-2H3,(H,18,20). The molecule has 0 bridgehead atoms. The van der Waals surface area contributed by atoms with Crippen LogP contribution in [0.1, 0.15) is 45.1 Å². The SMILES string of the molecule is CCC(=O)NCCc1ccc(S(=O)(=O)N2CCCCC2C)cc1. The molecule has 1 aliphatic heterocycles. The Morgan fingerprint density at radius 2 is 1.96 bits per heavy atom. The van der Waals surface area contributed by atoms with E-state index in [0.29, 0.717) is 30.8 Å². The summed E-state index contributed by atoms with van der Waals surface area (Å²) < 4.78 is 27.1. The third-order valence-corrected chi connectivity index (χ3v) is 6.36. The Bertz CT molecular complexity index is 626. The molecule has 1 aromatic rings. The molecule has 1 unspecified atom stereocenters. The summed E-state index contributed by atoms with van der Waals surface area (Å²) in [5.74, 6) is 0.0308. The number of rotatable bonds is 6. The summed E-state index contributed by atoms with van der Waals surface area (Å²) in [4.78, 5) is 11.6. The minimum absolute atomic E-state index is 0.0308. The van der Waals surface area contributed by atoms with Crippen LogP contribution < -0.4 is 5.32 Å². The largest absolute Gasteiger partial charge is 0.356 e. The van der Waals surface area contributed by atoms with Crippen molar-refractivity contribution in [2.24, 2.45) is 0 Å². The van der Waals surface area contributed by atoms with Crippen molar-refractivity contribution in [1.82, 2.24) is 9.62 Å². The molecule has 1 N–H and O–H groups in total. The smallest absolute Gasteiger partial charge is 0.243 e. The minimum Gasteiger partial charge on any atom is -0.356 e. The van der Waals surface area contributed by atoms with Crippen molar-refractivity contribution in [1.29, 1.82) is 0 Å². The van der Waals surface area contributed by atoms with Gasteiger partial charge in [-0.15, -0.1) is 0 Å². The Hall–Kier alpha value is -1.40. The van der Waals surface area contributed by atoms with Crippen LogP contribution in [0, 0.1) is 0 Å². The van der Waals surface area contributed by atoms with Crippen molar-refractivity contribution in [2.75, 3.05) is 13.1 Å². The lowest BCUT2D eigenvalue weighted by Gasteiger charge is -2.32. The third-order valence-electron chi connectivity index (χ3n) is 4.33. The number of hydrogen-bond acceptors (Lipinski definition) is 3. The van der Waals surface area contributed by atoms with Gasteiger partial charge in [0, 0.05) is 25.6 Å². The van der Waals surface area contributed by atoms with Crippen LogP contribution in [-0.2, 0) is 21.2 Å². The van der Waals surface area contributed by atoms with Crippen LogP contribution >= 0.6 is 0 Å². The lowest BCUT2D eigenvalue weighted by molar-refractivity contribution is -0.120. The molecule has 1 aromatic carbocycles. The van der Waals surface area contributed by atoms with E-state index in [1.54, 1.807) is 16.4 Å². The molecular formula is C17H26N2O3S. The number of amides is 1. The molecule has 0 saturated carbocycles. The van der Waals surface area contributed by atoms with Crippen LogP contribution in [0.15, 0.2) is 29.2 Å². The van der Waals surface area contributed by atoms with E-state index in [1.165, 1.54) is 0 Å². The normalized spacial score (nSPS) is 19.5. The van der Waals surface area contributed by atoms with Gasteiger partial charge in [0.1, 0.15) is 0 Å². The van der Waals surface area contributed by atoms with Crippen LogP contribution in [0.5, 0.6) is 0 Å². The predicted molar refractivity (Wildman–Crippen MR) is 90.7 cm³/mol. The van der Waals surface area contributed by atoms with E-state index in [0.717, 1.165) is 24.8 Å². The van der Waals surface area contributed by atoms with Gasteiger partial charge in [-0.25, -0.2) is 8.42 Å². The summed E-state index contributed by atoms with van der Waals surface area (Å²) in [6.07, 6.45) is 4.13. The molecule has 0 radical (unpaired) electrons. The first kappa shape index (κ1) is 17.9. The van der Waals surface area contributed by atoms with E-state index in [9.17, 15) is 13.2 Å². The summed E-state index contributed by atoms with van der Waals surface area (Å²) in [5.41, 5.74) is 1.02. The molecule has 1 aliphatic rings. The molecule has 1 atom stereocenters. The summed E-state index contributed by atoms with van der Waals surface area (Å²) >= 11 is 0. The van der Waals surface area contributed by atoms with Crippen molar-refractivity contribution < 1.29 is 13.2 Å². The Kier molecular flexibility index (Phi) is 6.18. The van der Waals surface area contributed by atoms with Gasteiger partial charge >= 0.3 is 0 Å². The van der Waals surface area contributed by atoms with Gasteiger partial charge < -0.3 is 5.32 Å². The molecule has 5 nitrogen and oxygen atoms in total. The Morgan fingerprint density at radius 1 is 1.26 bits per heavy atom. The number of nitrogens with one attached hydrogen (secondary N) is 1. The maximum atomic E-state index is 12.7. The summed E-state index contributed by atoms with van der Waals surface area (Å²) in [6.45, 7) is 4.97. The molecule has 23 heavy (non-hydrogen) atoms. The first-order valence-electron chi connectivity index (χ1n) is 8.32. The molecule has 1 amide bonds. The van der Waals surface area contributed by atoms with Gasteiger partial charge in [0.15, 0.2) is 0 Å². The average Bonchev–Trinajstić information content (AvgIpc) is 2.55. The second-order valence-corrected chi connectivity index (χ2v) is 7.95. The zero-order valence-electron chi connectivity index (χ0n) is 13.9. The van der Waals surface area contributed by atoms with Crippen LogP contribution in [0.3, 0.4) is 0 Å². The molecule has 1 fully saturated rings. The maximum Gasteiger partial charge on any atom is 0.243 e. The number of sulfonamides is 1. The predicted octanol–water partition coefficient (Wildman–Crippen LogP) is 2.32. The van der Waals surface area contributed by atoms with E-state index in [1.807, 2.05) is 26.0 Å². The Balaban J connectivity index is 2.02. The molecule has 0 aromatic heterocycles. The van der Waals surface area contributed by atoms with E-state index < -0.39 is 10.0 Å². The fourth-order valence-corrected chi connectivity index (χ4v) is 4.56. The zero-order valence-corrected chi connectivity index (χ0v) is 14.7. The molecule has 2 rings (SSSR count). The maximum absolute atomic E-state index is 12.7. The second kappa shape index (κ2) is 7.93.